The molecular formula is C23H36O6. The summed E-state index contributed by atoms with van der Waals surface area (Å²) in [5.74, 6) is 1.76. The molecule has 0 spiro atoms. The van der Waals surface area contributed by atoms with E-state index in [0.29, 0.717) is 5.56 Å². The van der Waals surface area contributed by atoms with Crippen LogP contribution in [0.5, 0.6) is 34.5 Å². The van der Waals surface area contributed by atoms with Crippen LogP contribution < -0.4 is 4.74 Å². The van der Waals surface area contributed by atoms with E-state index in [4.69, 9.17) is 30.3 Å². The number of aromatic hydroxyl groups is 5. The first-order valence-corrected chi connectivity index (χ1v) is 7.61. The smallest absolute Gasteiger partial charge is 0.119 e. The number of phenolic OH excluding ortho intramolecular Hbond substituents is 5. The molecule has 0 aromatic heterocycles. The molecule has 0 aliphatic carbocycles. The van der Waals surface area contributed by atoms with E-state index in [9.17, 15) is 0 Å². The number of phenols is 5. The number of methoxy groups -OCH3 is 1. The van der Waals surface area contributed by atoms with Crippen LogP contribution in [0.15, 0.2) is 66.7 Å². The van der Waals surface area contributed by atoms with Crippen LogP contribution in [0.25, 0.3) is 0 Å². The fourth-order valence-electron chi connectivity index (χ4n) is 1.67. The maximum atomic E-state index is 8.93. The molecule has 3 aromatic carbocycles. The van der Waals surface area contributed by atoms with Crippen LogP contribution in [0.3, 0.4) is 0 Å². The molecule has 29 heavy (non-hydrogen) atoms. The van der Waals surface area contributed by atoms with E-state index >= 15 is 0 Å². The molecule has 0 atom stereocenters. The fraction of sp³-hybridized carbons (Fsp3) is 0.217. The highest BCUT2D eigenvalue weighted by molar-refractivity contribution is 5.37. The molecule has 3 aromatic rings. The van der Waals surface area contributed by atoms with Gasteiger partial charge in [0.05, 0.1) is 7.11 Å². The minimum Gasteiger partial charge on any atom is -0.508 e. The summed E-state index contributed by atoms with van der Waals surface area (Å²) in [6.45, 7) is 1.73. The lowest BCUT2D eigenvalue weighted by Crippen LogP contribution is -1.79. The molecular weight excluding hydrogens is 372 g/mol. The Labute approximate surface area is 175 Å². The lowest BCUT2D eigenvalue weighted by molar-refractivity contribution is 0.412. The maximum Gasteiger partial charge on any atom is 0.119 e. The predicted octanol–water partition coefficient (Wildman–Crippen LogP) is 6.06. The molecule has 0 amide bonds. The number of benzene rings is 3. The topological polar surface area (TPSA) is 110 Å². The van der Waals surface area contributed by atoms with Gasteiger partial charge in [0.25, 0.3) is 0 Å². The van der Waals surface area contributed by atoms with Gasteiger partial charge in [-0.3, -0.25) is 0 Å². The van der Waals surface area contributed by atoms with Gasteiger partial charge in [-0.15, -0.1) is 0 Å². The summed E-state index contributed by atoms with van der Waals surface area (Å²) in [6.07, 6.45) is 0. The van der Waals surface area contributed by atoms with Crippen molar-refractivity contribution in [2.45, 2.75) is 29.2 Å². The third kappa shape index (κ3) is 12.5. The average Bonchev–Trinajstić information content (AvgIpc) is 2.63. The van der Waals surface area contributed by atoms with Gasteiger partial charge >= 0.3 is 0 Å². The SMILES string of the molecule is C.C.C.COc1ccc(O)cc1.Cc1cc(O)ccc1O.Oc1ccc(O)cc1.[3HH]. The van der Waals surface area contributed by atoms with Crippen LogP contribution >= 0.6 is 0 Å². The number of ether oxygens (including phenoxy) is 1. The van der Waals surface area contributed by atoms with Crippen molar-refractivity contribution in [1.29, 1.82) is 0 Å². The largest absolute Gasteiger partial charge is 0.508 e. The summed E-state index contributed by atoms with van der Waals surface area (Å²) in [7, 11) is 1.59. The Morgan fingerprint density at radius 1 is 0.586 bits per heavy atom. The molecule has 0 saturated carbocycles. The van der Waals surface area contributed by atoms with Crippen LogP contribution in [-0.4, -0.2) is 32.6 Å². The van der Waals surface area contributed by atoms with Crippen molar-refractivity contribution in [2.24, 2.45) is 0 Å². The minimum atomic E-state index is 0. The predicted molar refractivity (Wildman–Crippen MR) is 121 cm³/mol. The van der Waals surface area contributed by atoms with Gasteiger partial charge in [0, 0.05) is 1.43 Å². The van der Waals surface area contributed by atoms with E-state index < -0.39 is 0 Å². The third-order valence-electron chi connectivity index (χ3n) is 3.10. The summed E-state index contributed by atoms with van der Waals surface area (Å²) in [4.78, 5) is 0. The van der Waals surface area contributed by atoms with Crippen LogP contribution in [0.1, 0.15) is 29.3 Å². The van der Waals surface area contributed by atoms with E-state index in [1.165, 1.54) is 42.5 Å². The first kappa shape index (κ1) is 30.2. The van der Waals surface area contributed by atoms with Gasteiger partial charge in [0.2, 0.25) is 0 Å². The quantitative estimate of drug-likeness (QED) is 0.312. The Morgan fingerprint density at radius 3 is 1.24 bits per heavy atom. The van der Waals surface area contributed by atoms with Crippen molar-refractivity contribution in [3.63, 3.8) is 0 Å². The van der Waals surface area contributed by atoms with Crippen LogP contribution in [0.2, 0.25) is 0 Å². The van der Waals surface area contributed by atoms with Crippen molar-refractivity contribution < 1.29 is 31.7 Å². The molecule has 0 fully saturated rings. The van der Waals surface area contributed by atoms with Crippen LogP contribution in [0.4, 0.5) is 0 Å². The van der Waals surface area contributed by atoms with E-state index in [0.717, 1.165) is 5.75 Å². The Kier molecular flexibility index (Phi) is 16.2. The number of aryl methyl sites for hydroxylation is 1. The zero-order valence-corrected chi connectivity index (χ0v) is 14.5. The molecule has 0 aliphatic heterocycles. The van der Waals surface area contributed by atoms with Gasteiger partial charge in [0.15, 0.2) is 0 Å². The van der Waals surface area contributed by atoms with Crippen molar-refractivity contribution in [3.8, 4) is 34.5 Å². The maximum absolute atomic E-state index is 8.93. The number of hydrogen-bond donors (Lipinski definition) is 5. The molecule has 0 bridgehead atoms. The summed E-state index contributed by atoms with van der Waals surface area (Å²) in [5.41, 5.74) is 0.690. The highest BCUT2D eigenvalue weighted by atomic mass is 16.5. The standard InChI is InChI=1S/2C7H8O2.C6H6O2.3CH4.H2/c1-9-7-4-2-6(8)3-5-7;1-5-4-6(8)2-3-7(5)9;7-5-1-2-6(8)4-3-5;;;;/h2-5,8H,1H3;2-4,8-9H,1H3;1-4,7-8H;3*1H4;1H/i;;;;;;1+2. The van der Waals surface area contributed by atoms with E-state index in [1.807, 2.05) is 0 Å². The molecule has 0 aliphatic rings. The van der Waals surface area contributed by atoms with Gasteiger partial charge in [-0.25, -0.2) is 0 Å². The Hall–Kier alpha value is -3.54. The Morgan fingerprint density at radius 2 is 0.931 bits per heavy atom. The molecule has 0 heterocycles. The van der Waals surface area contributed by atoms with Crippen molar-refractivity contribution in [1.82, 2.24) is 0 Å². The van der Waals surface area contributed by atoms with Crippen LogP contribution in [0, 0.1) is 6.92 Å². The van der Waals surface area contributed by atoms with Gasteiger partial charge in [-0.1, -0.05) is 22.3 Å². The summed E-state index contributed by atoms with van der Waals surface area (Å²) < 4.78 is 4.86. The van der Waals surface area contributed by atoms with E-state index in [2.05, 4.69) is 0 Å². The van der Waals surface area contributed by atoms with Gasteiger partial charge in [-0.05, 0) is 79.2 Å². The number of rotatable bonds is 1. The molecule has 6 heteroatoms. The van der Waals surface area contributed by atoms with E-state index in [1.54, 1.807) is 38.3 Å². The second-order valence-corrected chi connectivity index (χ2v) is 5.19. The minimum absolute atomic E-state index is 0. The molecule has 6 nitrogen and oxygen atoms in total. The molecule has 5 N–H and O–H groups in total. The lowest BCUT2D eigenvalue weighted by Gasteiger charge is -1.96. The van der Waals surface area contributed by atoms with Gasteiger partial charge in [0.1, 0.15) is 34.5 Å². The molecule has 0 saturated heterocycles. The highest BCUT2D eigenvalue weighted by Gasteiger charge is 1.93. The number of hydrogen-bond acceptors (Lipinski definition) is 6. The molecule has 0 unspecified atom stereocenters. The first-order valence-electron chi connectivity index (χ1n) is 7.61. The molecule has 0 radical (unpaired) electrons. The highest BCUT2D eigenvalue weighted by Crippen LogP contribution is 2.20. The molecule has 164 valence electrons. The normalized spacial score (nSPS) is 8.21. The zero-order chi connectivity index (χ0) is 19.5. The summed E-state index contributed by atoms with van der Waals surface area (Å²) in [5, 5.41) is 43.8. The second kappa shape index (κ2) is 15.5. The zero-order valence-electron chi connectivity index (χ0n) is 14.5. The monoisotopic (exact) mass is 410 g/mol. The Balaban J connectivity index is -0.000000159. The molecule has 3 rings (SSSR count). The van der Waals surface area contributed by atoms with Crippen molar-refractivity contribution in [3.05, 3.63) is 72.3 Å². The lowest BCUT2D eigenvalue weighted by atomic mass is 10.2. The van der Waals surface area contributed by atoms with Gasteiger partial charge in [-0.2, -0.15) is 0 Å². The van der Waals surface area contributed by atoms with Crippen molar-refractivity contribution in [2.75, 3.05) is 7.11 Å². The summed E-state index contributed by atoms with van der Waals surface area (Å²) >= 11 is 0. The van der Waals surface area contributed by atoms with Crippen LogP contribution in [-0.2, 0) is 0 Å². The summed E-state index contributed by atoms with van der Waals surface area (Å²) in [6, 6.07) is 16.7. The van der Waals surface area contributed by atoms with Gasteiger partial charge < -0.3 is 30.3 Å². The second-order valence-electron chi connectivity index (χ2n) is 5.19. The third-order valence-corrected chi connectivity index (χ3v) is 3.10. The van der Waals surface area contributed by atoms with Crippen molar-refractivity contribution >= 4 is 0 Å². The first-order chi connectivity index (χ1) is 12.3. The average molecular weight is 411 g/mol. The Bertz CT molecular complexity index is 769. The fourth-order valence-corrected chi connectivity index (χ4v) is 1.67. The van der Waals surface area contributed by atoms with E-state index in [-0.39, 0.29) is 52.5 Å².